The number of hydrogen-bond acceptors (Lipinski definition) is 3. The molecule has 0 aliphatic carbocycles. The summed E-state index contributed by atoms with van der Waals surface area (Å²) in [5.41, 5.74) is -0.920. The van der Waals surface area contributed by atoms with Crippen LogP contribution in [-0.4, -0.2) is 17.6 Å². The molecule has 2 aromatic carbocycles. The Morgan fingerprint density at radius 2 is 1.69 bits per heavy atom. The summed E-state index contributed by atoms with van der Waals surface area (Å²) < 4.78 is 33.4. The summed E-state index contributed by atoms with van der Waals surface area (Å²) in [7, 11) is 0. The lowest BCUT2D eigenvalue weighted by Crippen LogP contribution is -2.27. The molecule has 0 heterocycles. The Morgan fingerprint density at radius 3 is 2.31 bits per heavy atom. The third-order valence-corrected chi connectivity index (χ3v) is 3.53. The van der Waals surface area contributed by atoms with Gasteiger partial charge in [0.05, 0.1) is 11.3 Å². The molecule has 0 fully saturated rings. The van der Waals surface area contributed by atoms with Gasteiger partial charge in [0.25, 0.3) is 5.91 Å². The van der Waals surface area contributed by atoms with Crippen LogP contribution in [0.25, 0.3) is 0 Å². The van der Waals surface area contributed by atoms with Crippen molar-refractivity contribution < 1.29 is 23.1 Å². The van der Waals surface area contributed by atoms with E-state index in [-0.39, 0.29) is 16.9 Å². The molecule has 0 unspecified atom stereocenters. The summed E-state index contributed by atoms with van der Waals surface area (Å²) in [5, 5.41) is 4.73. The predicted octanol–water partition coefficient (Wildman–Crippen LogP) is 5.33. The molecule has 0 saturated heterocycles. The highest BCUT2D eigenvalue weighted by molar-refractivity contribution is 9.10. The highest BCUT2D eigenvalue weighted by Crippen LogP contribution is 2.22. The molecule has 0 bridgehead atoms. The highest BCUT2D eigenvalue weighted by Gasteiger charge is 2.18. The molecule has 2 amide bonds. The van der Waals surface area contributed by atoms with Crippen LogP contribution in [0.4, 0.5) is 25.0 Å². The van der Waals surface area contributed by atoms with Gasteiger partial charge in [0.2, 0.25) is 0 Å². The van der Waals surface area contributed by atoms with E-state index in [1.165, 1.54) is 24.3 Å². The van der Waals surface area contributed by atoms with Crippen LogP contribution in [-0.2, 0) is 4.74 Å². The van der Waals surface area contributed by atoms with Crippen LogP contribution in [0.5, 0.6) is 0 Å². The molecule has 0 saturated carbocycles. The van der Waals surface area contributed by atoms with Gasteiger partial charge in [-0.15, -0.1) is 0 Å². The first-order valence-electron chi connectivity index (χ1n) is 7.61. The quantitative estimate of drug-likeness (QED) is 0.696. The summed E-state index contributed by atoms with van der Waals surface area (Å²) in [4.78, 5) is 24.0. The molecule has 0 atom stereocenters. The second-order valence-corrected chi connectivity index (χ2v) is 7.32. The molecule has 26 heavy (non-hydrogen) atoms. The summed E-state index contributed by atoms with van der Waals surface area (Å²) >= 11 is 3.09. The lowest BCUT2D eigenvalue weighted by atomic mass is 10.2. The number of amides is 2. The van der Waals surface area contributed by atoms with Crippen molar-refractivity contribution in [3.05, 3.63) is 58.1 Å². The number of halogens is 3. The number of rotatable bonds is 3. The predicted molar refractivity (Wildman–Crippen MR) is 98.3 cm³/mol. The highest BCUT2D eigenvalue weighted by atomic mass is 79.9. The van der Waals surface area contributed by atoms with Gasteiger partial charge in [-0.25, -0.2) is 13.6 Å². The average Bonchev–Trinajstić information content (AvgIpc) is 2.48. The second-order valence-electron chi connectivity index (χ2n) is 6.40. The van der Waals surface area contributed by atoms with Gasteiger partial charge in [-0.3, -0.25) is 10.1 Å². The molecule has 138 valence electrons. The Bertz CT molecular complexity index is 851. The topological polar surface area (TPSA) is 67.4 Å². The fourth-order valence-electron chi connectivity index (χ4n) is 1.98. The molecular weight excluding hydrogens is 410 g/mol. The third-order valence-electron chi connectivity index (χ3n) is 3.04. The van der Waals surface area contributed by atoms with E-state index in [1.807, 2.05) is 0 Å². The standard InChI is InChI=1S/C18H17BrF2N2O3/c1-18(2,3)26-17(25)22-11-5-7-13(20)15(9-11)23-16(24)12-6-4-10(19)8-14(12)21/h4-9H,1-3H3,(H,22,25)(H,23,24). The van der Waals surface area contributed by atoms with Gasteiger partial charge in [0, 0.05) is 10.2 Å². The van der Waals surface area contributed by atoms with Gasteiger partial charge in [-0.05, 0) is 57.2 Å². The van der Waals surface area contributed by atoms with Crippen molar-refractivity contribution in [1.29, 1.82) is 0 Å². The molecular formula is C18H17BrF2N2O3. The van der Waals surface area contributed by atoms with Crippen LogP contribution in [0.2, 0.25) is 0 Å². The number of benzene rings is 2. The summed E-state index contributed by atoms with van der Waals surface area (Å²) in [6.45, 7) is 5.11. The maximum Gasteiger partial charge on any atom is 0.412 e. The number of carbonyl (C=O) groups excluding carboxylic acids is 2. The first-order valence-corrected chi connectivity index (χ1v) is 8.40. The van der Waals surface area contributed by atoms with Gasteiger partial charge in [-0.2, -0.15) is 0 Å². The normalized spacial score (nSPS) is 11.0. The molecule has 0 spiro atoms. The molecule has 2 N–H and O–H groups in total. The second kappa shape index (κ2) is 7.82. The molecule has 2 aromatic rings. The van der Waals surface area contributed by atoms with Crippen LogP contribution in [0.15, 0.2) is 40.9 Å². The van der Waals surface area contributed by atoms with E-state index < -0.39 is 29.2 Å². The monoisotopic (exact) mass is 426 g/mol. The van der Waals surface area contributed by atoms with Crippen molar-refractivity contribution in [1.82, 2.24) is 0 Å². The Morgan fingerprint density at radius 1 is 1.00 bits per heavy atom. The first kappa shape index (κ1) is 19.8. The largest absolute Gasteiger partial charge is 0.444 e. The fraction of sp³-hybridized carbons (Fsp3) is 0.222. The molecule has 0 aliphatic rings. The Hall–Kier alpha value is -2.48. The number of carbonyl (C=O) groups is 2. The van der Waals surface area contributed by atoms with Gasteiger partial charge >= 0.3 is 6.09 Å². The number of hydrogen-bond donors (Lipinski definition) is 2. The molecule has 8 heteroatoms. The summed E-state index contributed by atoms with van der Waals surface area (Å²) in [6, 6.07) is 7.50. The van der Waals surface area contributed by atoms with Crippen molar-refractivity contribution in [2.24, 2.45) is 0 Å². The van der Waals surface area contributed by atoms with Crippen molar-refractivity contribution in [2.45, 2.75) is 26.4 Å². The Balaban J connectivity index is 2.16. The van der Waals surface area contributed by atoms with Gasteiger partial charge in [0.1, 0.15) is 17.2 Å². The van der Waals surface area contributed by atoms with E-state index in [0.29, 0.717) is 4.47 Å². The SMILES string of the molecule is CC(C)(C)OC(=O)Nc1ccc(F)c(NC(=O)c2ccc(Br)cc2F)c1. The minimum Gasteiger partial charge on any atom is -0.444 e. The minimum absolute atomic E-state index is 0.203. The van der Waals surface area contributed by atoms with Gasteiger partial charge in [0.15, 0.2) is 0 Å². The molecule has 5 nitrogen and oxygen atoms in total. The smallest absolute Gasteiger partial charge is 0.412 e. The van der Waals surface area contributed by atoms with Crippen LogP contribution in [0.1, 0.15) is 31.1 Å². The van der Waals surface area contributed by atoms with Crippen LogP contribution in [0.3, 0.4) is 0 Å². The van der Waals surface area contributed by atoms with E-state index in [0.717, 1.165) is 12.1 Å². The maximum atomic E-state index is 14.0. The lowest BCUT2D eigenvalue weighted by Gasteiger charge is -2.19. The number of nitrogens with one attached hydrogen (secondary N) is 2. The Kier molecular flexibility index (Phi) is 5.97. The van der Waals surface area contributed by atoms with E-state index in [1.54, 1.807) is 20.8 Å². The van der Waals surface area contributed by atoms with Crippen LogP contribution in [0, 0.1) is 11.6 Å². The van der Waals surface area contributed by atoms with E-state index >= 15 is 0 Å². The zero-order valence-corrected chi connectivity index (χ0v) is 15.9. The van der Waals surface area contributed by atoms with Crippen LogP contribution >= 0.6 is 15.9 Å². The molecule has 0 aromatic heterocycles. The number of anilines is 2. The van der Waals surface area contributed by atoms with Crippen molar-refractivity contribution in [3.63, 3.8) is 0 Å². The van der Waals surface area contributed by atoms with Crippen molar-refractivity contribution >= 4 is 39.3 Å². The summed E-state index contributed by atoms with van der Waals surface area (Å²) in [5.74, 6) is -2.30. The summed E-state index contributed by atoms with van der Waals surface area (Å²) in [6.07, 6.45) is -0.722. The average molecular weight is 427 g/mol. The van der Waals surface area contributed by atoms with Crippen LogP contribution < -0.4 is 10.6 Å². The van der Waals surface area contributed by atoms with Crippen molar-refractivity contribution in [3.8, 4) is 0 Å². The van der Waals surface area contributed by atoms with E-state index in [9.17, 15) is 18.4 Å². The third kappa shape index (κ3) is 5.52. The van der Waals surface area contributed by atoms with E-state index in [4.69, 9.17) is 4.74 Å². The van der Waals surface area contributed by atoms with Crippen molar-refractivity contribution in [2.75, 3.05) is 10.6 Å². The fourth-order valence-corrected chi connectivity index (χ4v) is 2.32. The Labute approximate surface area is 157 Å². The van der Waals surface area contributed by atoms with Gasteiger partial charge in [-0.1, -0.05) is 15.9 Å². The zero-order valence-electron chi connectivity index (χ0n) is 14.3. The van der Waals surface area contributed by atoms with Gasteiger partial charge < -0.3 is 10.1 Å². The lowest BCUT2D eigenvalue weighted by molar-refractivity contribution is 0.0635. The minimum atomic E-state index is -0.816. The molecule has 0 radical (unpaired) electrons. The zero-order chi connectivity index (χ0) is 19.5. The molecule has 2 rings (SSSR count). The maximum absolute atomic E-state index is 14.0. The van der Waals surface area contributed by atoms with E-state index in [2.05, 4.69) is 26.6 Å². The first-order chi connectivity index (χ1) is 12.0. The number of ether oxygens (including phenoxy) is 1. The molecule has 0 aliphatic heterocycles.